The molecule has 1 aromatic carbocycles. The van der Waals surface area contributed by atoms with Crippen LogP contribution in [0.4, 0.5) is 11.4 Å². The highest BCUT2D eigenvalue weighted by Gasteiger charge is 2.28. The number of anilines is 2. The highest BCUT2D eigenvalue weighted by Crippen LogP contribution is 2.34. The Hall–Kier alpha value is -0.970. The highest BCUT2D eigenvalue weighted by molar-refractivity contribution is 5.98. The molecule has 3 rings (SSSR count). The molecular formula is C19H31Cl2N3O. The van der Waals surface area contributed by atoms with Gasteiger partial charge in [-0.15, -0.1) is 24.8 Å². The normalized spacial score (nSPS) is 18.6. The first-order valence-electron chi connectivity index (χ1n) is 9.05. The molecule has 1 saturated heterocycles. The van der Waals surface area contributed by atoms with Crippen molar-refractivity contribution in [3.8, 4) is 0 Å². The number of nitrogens with one attached hydrogen (secondary N) is 1. The minimum Gasteiger partial charge on any atom is -0.368 e. The largest absolute Gasteiger partial charge is 0.368 e. The first-order valence-corrected chi connectivity index (χ1v) is 9.05. The van der Waals surface area contributed by atoms with Crippen LogP contribution >= 0.6 is 24.8 Å². The Bertz CT molecular complexity index is 549. The van der Waals surface area contributed by atoms with Crippen molar-refractivity contribution in [2.24, 2.45) is 11.8 Å². The zero-order chi connectivity index (χ0) is 16.2. The lowest BCUT2D eigenvalue weighted by Gasteiger charge is -2.38. The predicted molar refractivity (Wildman–Crippen MR) is 111 cm³/mol. The fraction of sp³-hybridized carbons (Fsp3) is 0.632. The zero-order valence-electron chi connectivity index (χ0n) is 15.2. The van der Waals surface area contributed by atoms with Gasteiger partial charge in [0.15, 0.2) is 0 Å². The smallest absolute Gasteiger partial charge is 0.227 e. The van der Waals surface area contributed by atoms with Crippen LogP contribution in [-0.4, -0.2) is 38.6 Å². The number of likely N-dealkylation sites (N-methyl/N-ethyl adjacent to an activating group) is 1. The molecule has 0 bridgehead atoms. The van der Waals surface area contributed by atoms with Gasteiger partial charge in [-0.2, -0.15) is 0 Å². The molecule has 4 nitrogen and oxygen atoms in total. The minimum absolute atomic E-state index is 0. The summed E-state index contributed by atoms with van der Waals surface area (Å²) in [6, 6.07) is 8.32. The van der Waals surface area contributed by atoms with Gasteiger partial charge in [0.2, 0.25) is 5.91 Å². The summed E-state index contributed by atoms with van der Waals surface area (Å²) in [5, 5.41) is 3.41. The molecule has 2 aliphatic heterocycles. The molecule has 0 saturated carbocycles. The average Bonchev–Trinajstić information content (AvgIpc) is 2.61. The van der Waals surface area contributed by atoms with Crippen LogP contribution < -0.4 is 15.1 Å². The second kappa shape index (κ2) is 10.2. The monoisotopic (exact) mass is 387 g/mol. The molecular weight excluding hydrogens is 357 g/mol. The zero-order valence-corrected chi connectivity index (χ0v) is 16.9. The molecule has 1 aromatic rings. The maximum absolute atomic E-state index is 12.9. The molecule has 0 aliphatic carbocycles. The van der Waals surface area contributed by atoms with Gasteiger partial charge in [-0.05, 0) is 56.8 Å². The van der Waals surface area contributed by atoms with Gasteiger partial charge >= 0.3 is 0 Å². The fourth-order valence-corrected chi connectivity index (χ4v) is 3.97. The number of hydrogen-bond donors (Lipinski definition) is 1. The molecule has 2 heterocycles. The predicted octanol–water partition coefficient (Wildman–Crippen LogP) is 3.73. The van der Waals surface area contributed by atoms with Crippen molar-refractivity contribution in [3.63, 3.8) is 0 Å². The standard InChI is InChI=1S/C19H29N3O.2ClH/c1-3-21-12-13-22(18-7-5-4-6-17(18)21)19(23)14-15(2)16-8-10-20-11-9-16;;/h4-7,15-16,20H,3,8-14H2,1-2H3;2*1H. The second-order valence-corrected chi connectivity index (χ2v) is 6.88. The van der Waals surface area contributed by atoms with Crippen molar-refractivity contribution in [1.82, 2.24) is 5.32 Å². The Kier molecular flexibility index (Phi) is 9.04. The Morgan fingerprint density at radius 1 is 1.16 bits per heavy atom. The number of rotatable bonds is 4. The molecule has 0 aromatic heterocycles. The summed E-state index contributed by atoms with van der Waals surface area (Å²) in [6.07, 6.45) is 3.08. The van der Waals surface area contributed by atoms with E-state index in [9.17, 15) is 4.79 Å². The summed E-state index contributed by atoms with van der Waals surface area (Å²) < 4.78 is 0. The van der Waals surface area contributed by atoms with E-state index in [-0.39, 0.29) is 24.8 Å². The summed E-state index contributed by atoms with van der Waals surface area (Å²) >= 11 is 0. The Morgan fingerprint density at radius 3 is 2.44 bits per heavy atom. The third-order valence-corrected chi connectivity index (χ3v) is 5.47. The third-order valence-electron chi connectivity index (χ3n) is 5.47. The van der Waals surface area contributed by atoms with E-state index in [4.69, 9.17) is 0 Å². The summed E-state index contributed by atoms with van der Waals surface area (Å²) in [6.45, 7) is 9.35. The highest BCUT2D eigenvalue weighted by atomic mass is 35.5. The molecule has 25 heavy (non-hydrogen) atoms. The number of carbonyl (C=O) groups excluding carboxylic acids is 1. The minimum atomic E-state index is 0. The van der Waals surface area contributed by atoms with Gasteiger partial charge in [-0.1, -0.05) is 19.1 Å². The Balaban J connectivity index is 0.00000156. The number of halogens is 2. The molecule has 2 aliphatic rings. The van der Waals surface area contributed by atoms with Gasteiger partial charge in [0.05, 0.1) is 11.4 Å². The quantitative estimate of drug-likeness (QED) is 0.854. The van der Waals surface area contributed by atoms with Crippen LogP contribution in [0.5, 0.6) is 0 Å². The number of piperidine rings is 1. The van der Waals surface area contributed by atoms with E-state index in [0.717, 1.165) is 38.4 Å². The van der Waals surface area contributed by atoms with Crippen LogP contribution in [0.1, 0.15) is 33.1 Å². The van der Waals surface area contributed by atoms with Gasteiger partial charge in [0, 0.05) is 26.1 Å². The van der Waals surface area contributed by atoms with E-state index in [1.807, 2.05) is 11.0 Å². The fourth-order valence-electron chi connectivity index (χ4n) is 3.97. The van der Waals surface area contributed by atoms with Gasteiger partial charge < -0.3 is 15.1 Å². The molecule has 0 radical (unpaired) electrons. The van der Waals surface area contributed by atoms with Crippen LogP contribution in [0.2, 0.25) is 0 Å². The summed E-state index contributed by atoms with van der Waals surface area (Å²) in [7, 11) is 0. The molecule has 142 valence electrons. The lowest BCUT2D eigenvalue weighted by molar-refractivity contribution is -0.119. The van der Waals surface area contributed by atoms with Gasteiger partial charge in [-0.25, -0.2) is 0 Å². The number of amides is 1. The maximum atomic E-state index is 12.9. The van der Waals surface area contributed by atoms with Crippen LogP contribution in [0.3, 0.4) is 0 Å². The number of carbonyl (C=O) groups is 1. The molecule has 1 amide bonds. The van der Waals surface area contributed by atoms with Gasteiger partial charge in [0.1, 0.15) is 0 Å². The Morgan fingerprint density at radius 2 is 1.80 bits per heavy atom. The molecule has 0 spiro atoms. The van der Waals surface area contributed by atoms with Crippen LogP contribution in [0, 0.1) is 11.8 Å². The molecule has 1 atom stereocenters. The molecule has 1 fully saturated rings. The van der Waals surface area contributed by atoms with Gasteiger partial charge in [0.25, 0.3) is 0 Å². The van der Waals surface area contributed by atoms with E-state index in [1.165, 1.54) is 18.5 Å². The van der Waals surface area contributed by atoms with E-state index < -0.39 is 0 Å². The SMILES string of the molecule is CCN1CCN(C(=O)CC(C)C2CCNCC2)c2ccccc21.Cl.Cl. The first kappa shape index (κ1) is 22.1. The lowest BCUT2D eigenvalue weighted by Crippen LogP contribution is -2.45. The number of para-hydroxylation sites is 2. The summed E-state index contributed by atoms with van der Waals surface area (Å²) in [5.41, 5.74) is 2.28. The number of nitrogens with zero attached hydrogens (tertiary/aromatic N) is 2. The Labute approximate surface area is 164 Å². The van der Waals surface area contributed by atoms with Crippen molar-refractivity contribution < 1.29 is 4.79 Å². The molecule has 6 heteroatoms. The first-order chi connectivity index (χ1) is 11.2. The van der Waals surface area contributed by atoms with E-state index in [0.29, 0.717) is 24.2 Å². The van der Waals surface area contributed by atoms with Crippen LogP contribution in [0.25, 0.3) is 0 Å². The van der Waals surface area contributed by atoms with Crippen molar-refractivity contribution in [2.45, 2.75) is 33.1 Å². The number of fused-ring (bicyclic) bond motifs is 1. The second-order valence-electron chi connectivity index (χ2n) is 6.88. The number of hydrogen-bond acceptors (Lipinski definition) is 3. The summed E-state index contributed by atoms with van der Waals surface area (Å²) in [4.78, 5) is 17.3. The van der Waals surface area contributed by atoms with E-state index >= 15 is 0 Å². The topological polar surface area (TPSA) is 35.6 Å². The van der Waals surface area contributed by atoms with Crippen LogP contribution in [0.15, 0.2) is 24.3 Å². The van der Waals surface area contributed by atoms with E-state index in [2.05, 4.69) is 42.3 Å². The van der Waals surface area contributed by atoms with Gasteiger partial charge in [-0.3, -0.25) is 4.79 Å². The number of benzene rings is 1. The summed E-state index contributed by atoms with van der Waals surface area (Å²) in [5.74, 6) is 1.45. The molecule has 1 unspecified atom stereocenters. The third kappa shape index (κ3) is 5.02. The van der Waals surface area contributed by atoms with Crippen molar-refractivity contribution in [2.75, 3.05) is 42.5 Å². The lowest BCUT2D eigenvalue weighted by atomic mass is 9.84. The van der Waals surface area contributed by atoms with Crippen LogP contribution in [-0.2, 0) is 4.79 Å². The van der Waals surface area contributed by atoms with E-state index in [1.54, 1.807) is 0 Å². The molecule has 1 N–H and O–H groups in total. The van der Waals surface area contributed by atoms with Crippen molar-refractivity contribution in [1.29, 1.82) is 0 Å². The maximum Gasteiger partial charge on any atom is 0.227 e. The van der Waals surface area contributed by atoms with Crippen molar-refractivity contribution in [3.05, 3.63) is 24.3 Å². The average molecular weight is 388 g/mol. The van der Waals surface area contributed by atoms with Crippen molar-refractivity contribution >= 4 is 42.1 Å².